The molecule has 2 N–H and O–H groups in total. The first-order valence-electron chi connectivity index (χ1n) is 10.4. The van der Waals surface area contributed by atoms with Crippen molar-refractivity contribution in [2.45, 2.75) is 117 Å². The Labute approximate surface area is 175 Å². The third-order valence-corrected chi connectivity index (χ3v) is 3.80. The van der Waals surface area contributed by atoms with Gasteiger partial charge in [-0.15, -0.1) is 0 Å². The van der Waals surface area contributed by atoms with Crippen molar-refractivity contribution in [3.05, 3.63) is 12.2 Å². The lowest BCUT2D eigenvalue weighted by molar-refractivity contribution is -0.0808. The molecule has 7 nitrogen and oxygen atoms in total. The van der Waals surface area contributed by atoms with E-state index < -0.39 is 24.4 Å². The van der Waals surface area contributed by atoms with E-state index in [9.17, 15) is 9.59 Å². The van der Waals surface area contributed by atoms with Crippen molar-refractivity contribution in [1.29, 1.82) is 0 Å². The molecule has 3 unspecified atom stereocenters. The Morgan fingerprint density at radius 1 is 0.759 bits per heavy atom. The Morgan fingerprint density at radius 3 is 1.66 bits per heavy atom. The SMILES string of the molecule is CC(C)(C)NC(=O)OC1/C=C/C(OC(=O)NC(C)(C)C)CC(OC(C)(C)C)CC1. The van der Waals surface area contributed by atoms with Crippen molar-refractivity contribution < 1.29 is 23.8 Å². The number of ether oxygens (including phenoxy) is 3. The van der Waals surface area contributed by atoms with Gasteiger partial charge in [0.25, 0.3) is 0 Å². The van der Waals surface area contributed by atoms with Crippen LogP contribution in [0.2, 0.25) is 0 Å². The Kier molecular flexibility index (Phi) is 8.57. The molecule has 0 fully saturated rings. The van der Waals surface area contributed by atoms with Gasteiger partial charge in [0.1, 0.15) is 12.2 Å². The Hall–Kier alpha value is -1.76. The van der Waals surface area contributed by atoms with Crippen LogP contribution in [0.3, 0.4) is 0 Å². The van der Waals surface area contributed by atoms with Gasteiger partial charge in [-0.2, -0.15) is 0 Å². The quantitative estimate of drug-likeness (QED) is 0.657. The number of hydrogen-bond donors (Lipinski definition) is 2. The Morgan fingerprint density at radius 2 is 1.21 bits per heavy atom. The van der Waals surface area contributed by atoms with Gasteiger partial charge in [-0.05, 0) is 87.3 Å². The summed E-state index contributed by atoms with van der Waals surface area (Å²) in [4.78, 5) is 24.4. The highest BCUT2D eigenvalue weighted by Crippen LogP contribution is 2.24. The van der Waals surface area contributed by atoms with Crippen LogP contribution in [-0.2, 0) is 14.2 Å². The molecule has 1 rings (SSSR count). The van der Waals surface area contributed by atoms with Gasteiger partial charge in [0.05, 0.1) is 11.7 Å². The minimum atomic E-state index is -0.481. The van der Waals surface area contributed by atoms with Crippen LogP contribution >= 0.6 is 0 Å². The van der Waals surface area contributed by atoms with E-state index in [1.807, 2.05) is 62.3 Å². The lowest BCUT2D eigenvalue weighted by Gasteiger charge is -2.32. The molecular formula is C22H40N2O5. The summed E-state index contributed by atoms with van der Waals surface area (Å²) in [5.74, 6) is 0. The molecule has 0 aliphatic heterocycles. The minimum absolute atomic E-state index is 0.121. The first-order chi connectivity index (χ1) is 13.0. The molecule has 0 spiro atoms. The molecule has 0 aromatic rings. The summed E-state index contributed by atoms with van der Waals surface area (Å²) >= 11 is 0. The highest BCUT2D eigenvalue weighted by Gasteiger charge is 2.28. The van der Waals surface area contributed by atoms with Crippen molar-refractivity contribution >= 4 is 12.2 Å². The van der Waals surface area contributed by atoms with Gasteiger partial charge in [-0.3, -0.25) is 0 Å². The van der Waals surface area contributed by atoms with Crippen molar-refractivity contribution in [1.82, 2.24) is 10.6 Å². The zero-order chi connectivity index (χ0) is 22.5. The Balaban J connectivity index is 2.88. The fourth-order valence-corrected chi connectivity index (χ4v) is 2.89. The second-order valence-corrected chi connectivity index (χ2v) is 10.7. The molecule has 29 heavy (non-hydrogen) atoms. The highest BCUT2D eigenvalue weighted by molar-refractivity contribution is 5.69. The number of carbonyl (C=O) groups excluding carboxylic acids is 2. The summed E-state index contributed by atoms with van der Waals surface area (Å²) in [5.41, 5.74) is -1.09. The topological polar surface area (TPSA) is 85.9 Å². The average molecular weight is 413 g/mol. The monoisotopic (exact) mass is 412 g/mol. The number of carbonyl (C=O) groups is 2. The molecule has 0 saturated carbocycles. The minimum Gasteiger partial charge on any atom is -0.442 e. The molecule has 0 radical (unpaired) electrons. The third kappa shape index (κ3) is 12.4. The zero-order valence-corrected chi connectivity index (χ0v) is 19.5. The fraction of sp³-hybridized carbons (Fsp3) is 0.818. The number of hydrogen-bond acceptors (Lipinski definition) is 5. The van der Waals surface area contributed by atoms with Crippen LogP contribution in [0.25, 0.3) is 0 Å². The van der Waals surface area contributed by atoms with Gasteiger partial charge in [-0.25, -0.2) is 9.59 Å². The predicted octanol–water partition coefficient (Wildman–Crippen LogP) is 4.70. The normalized spacial score (nSPS) is 24.7. The molecule has 0 aromatic carbocycles. The summed E-state index contributed by atoms with van der Waals surface area (Å²) in [5, 5.41) is 5.60. The van der Waals surface area contributed by atoms with Crippen LogP contribution in [0.1, 0.15) is 81.6 Å². The number of alkyl carbamates (subject to hydrolysis) is 2. The van der Waals surface area contributed by atoms with Gasteiger partial charge >= 0.3 is 12.2 Å². The fourth-order valence-electron chi connectivity index (χ4n) is 2.89. The first-order valence-corrected chi connectivity index (χ1v) is 10.4. The predicted molar refractivity (Wildman–Crippen MR) is 114 cm³/mol. The molecule has 2 amide bonds. The van der Waals surface area contributed by atoms with Crippen molar-refractivity contribution in [3.8, 4) is 0 Å². The summed E-state index contributed by atoms with van der Waals surface area (Å²) in [7, 11) is 0. The lowest BCUT2D eigenvalue weighted by atomic mass is 9.98. The van der Waals surface area contributed by atoms with Crippen molar-refractivity contribution in [2.75, 3.05) is 0 Å². The van der Waals surface area contributed by atoms with Gasteiger partial charge in [0.15, 0.2) is 0 Å². The number of nitrogens with one attached hydrogen (secondary N) is 2. The van der Waals surface area contributed by atoms with E-state index in [4.69, 9.17) is 14.2 Å². The molecule has 0 heterocycles. The molecule has 168 valence electrons. The summed E-state index contributed by atoms with van der Waals surface area (Å²) < 4.78 is 17.3. The molecule has 0 aromatic heterocycles. The molecule has 1 aliphatic carbocycles. The van der Waals surface area contributed by atoms with E-state index in [0.717, 1.165) is 0 Å². The van der Waals surface area contributed by atoms with E-state index in [1.165, 1.54) is 0 Å². The average Bonchev–Trinajstić information content (AvgIpc) is 2.42. The molecule has 0 bridgehead atoms. The van der Waals surface area contributed by atoms with Crippen LogP contribution in [0.15, 0.2) is 12.2 Å². The zero-order valence-electron chi connectivity index (χ0n) is 19.5. The van der Waals surface area contributed by atoms with Gasteiger partial charge in [-0.1, -0.05) is 0 Å². The number of rotatable bonds is 3. The number of amides is 2. The van der Waals surface area contributed by atoms with E-state index in [2.05, 4.69) is 10.6 Å². The molecule has 3 atom stereocenters. The van der Waals surface area contributed by atoms with Crippen LogP contribution in [0.5, 0.6) is 0 Å². The largest absolute Gasteiger partial charge is 0.442 e. The smallest absolute Gasteiger partial charge is 0.408 e. The second kappa shape index (κ2) is 9.83. The van der Waals surface area contributed by atoms with Crippen molar-refractivity contribution in [3.63, 3.8) is 0 Å². The maximum Gasteiger partial charge on any atom is 0.408 e. The van der Waals surface area contributed by atoms with Gasteiger partial charge < -0.3 is 24.8 Å². The summed E-state index contributed by atoms with van der Waals surface area (Å²) in [6.07, 6.45) is 3.50. The van der Waals surface area contributed by atoms with Crippen molar-refractivity contribution in [2.24, 2.45) is 0 Å². The van der Waals surface area contributed by atoms with E-state index >= 15 is 0 Å². The van der Waals surface area contributed by atoms with E-state index in [0.29, 0.717) is 19.3 Å². The second-order valence-electron chi connectivity index (χ2n) is 10.7. The van der Waals surface area contributed by atoms with Gasteiger partial charge in [0, 0.05) is 17.5 Å². The maximum atomic E-state index is 12.2. The molecule has 7 heteroatoms. The lowest BCUT2D eigenvalue weighted by Crippen LogP contribution is -2.43. The van der Waals surface area contributed by atoms with Gasteiger partial charge in [0.2, 0.25) is 0 Å². The standard InChI is InChI=1S/C22H40N2O5/c1-20(2,3)23-18(25)27-15-10-12-16(28-19(26)24-21(4,5)6)14-17(13-11-15)29-22(7,8)9/h10,12,15-17H,11,13-14H2,1-9H3,(H,23,25)(H,24,26)/b12-10+. The van der Waals surface area contributed by atoms with Crippen LogP contribution in [0.4, 0.5) is 9.59 Å². The van der Waals surface area contributed by atoms with Crippen LogP contribution in [0, 0.1) is 0 Å². The Bertz CT molecular complexity index is 581. The molecule has 1 aliphatic rings. The third-order valence-electron chi connectivity index (χ3n) is 3.80. The summed E-state index contributed by atoms with van der Waals surface area (Å²) in [6.45, 7) is 17.4. The maximum absolute atomic E-state index is 12.2. The van der Waals surface area contributed by atoms with Crippen LogP contribution in [-0.4, -0.2) is 47.2 Å². The summed E-state index contributed by atoms with van der Waals surface area (Å²) in [6, 6.07) is 0. The highest BCUT2D eigenvalue weighted by atomic mass is 16.6. The molecular weight excluding hydrogens is 372 g/mol. The van der Waals surface area contributed by atoms with E-state index in [1.54, 1.807) is 12.2 Å². The molecule has 0 saturated heterocycles. The van der Waals surface area contributed by atoms with E-state index in [-0.39, 0.29) is 22.8 Å². The first kappa shape index (κ1) is 25.3. The van der Waals surface area contributed by atoms with Crippen LogP contribution < -0.4 is 10.6 Å².